The van der Waals surface area contributed by atoms with Crippen LogP contribution in [0.3, 0.4) is 0 Å². The fourth-order valence-electron chi connectivity index (χ4n) is 2.32. The molecule has 0 atom stereocenters. The van der Waals surface area contributed by atoms with Gasteiger partial charge >= 0.3 is 5.63 Å². The summed E-state index contributed by atoms with van der Waals surface area (Å²) in [5.74, 6) is 0.404. The van der Waals surface area contributed by atoms with Crippen molar-refractivity contribution in [3.63, 3.8) is 0 Å². The third kappa shape index (κ3) is 3.03. The number of hydrogen-bond donors (Lipinski definition) is 0. The highest BCUT2D eigenvalue weighted by Crippen LogP contribution is 2.28. The summed E-state index contributed by atoms with van der Waals surface area (Å²) in [5.41, 5.74) is 2.56. The highest BCUT2D eigenvalue weighted by molar-refractivity contribution is 6.30. The van der Waals surface area contributed by atoms with Crippen LogP contribution in [-0.2, 0) is 0 Å². The van der Waals surface area contributed by atoms with Crippen molar-refractivity contribution in [2.45, 2.75) is 6.92 Å². The number of halogens is 1. The predicted molar refractivity (Wildman–Crippen MR) is 90.3 cm³/mol. The summed E-state index contributed by atoms with van der Waals surface area (Å²) < 4.78 is 5.29. The van der Waals surface area contributed by atoms with Crippen LogP contribution in [0.5, 0.6) is 0 Å². The fraction of sp³-hybridized carbons (Fsp3) is 0.0526. The second kappa shape index (κ2) is 6.12. The van der Waals surface area contributed by atoms with E-state index in [9.17, 15) is 10.1 Å². The van der Waals surface area contributed by atoms with E-state index in [1.165, 1.54) is 0 Å². The molecular formula is C19H12ClNO2. The van der Waals surface area contributed by atoms with Gasteiger partial charge in [0.25, 0.3) is 0 Å². The maximum atomic E-state index is 12.2. The Morgan fingerprint density at radius 2 is 1.61 bits per heavy atom. The molecule has 0 spiro atoms. The molecule has 1 aromatic heterocycles. The zero-order chi connectivity index (χ0) is 16.4. The second-order valence-electron chi connectivity index (χ2n) is 5.17. The van der Waals surface area contributed by atoms with Gasteiger partial charge in [-0.05, 0) is 42.8 Å². The third-order valence-electron chi connectivity index (χ3n) is 3.55. The molecule has 112 valence electrons. The molecule has 0 bridgehead atoms. The highest BCUT2D eigenvalue weighted by Gasteiger charge is 2.14. The third-order valence-corrected chi connectivity index (χ3v) is 3.81. The van der Waals surface area contributed by atoms with Crippen molar-refractivity contribution >= 4 is 11.6 Å². The SMILES string of the molecule is Cc1ccc(-c2cc(-c3ccc(Cl)cc3)oc(=O)c2C#N)cc1. The van der Waals surface area contributed by atoms with E-state index < -0.39 is 5.63 Å². The number of aryl methyl sites for hydroxylation is 1. The minimum absolute atomic E-state index is 0.00608. The van der Waals surface area contributed by atoms with E-state index in [1.807, 2.05) is 37.3 Å². The van der Waals surface area contributed by atoms with Crippen LogP contribution in [0.2, 0.25) is 5.02 Å². The van der Waals surface area contributed by atoms with Gasteiger partial charge in [-0.15, -0.1) is 0 Å². The molecular weight excluding hydrogens is 310 g/mol. The molecule has 2 aromatic carbocycles. The molecule has 4 heteroatoms. The van der Waals surface area contributed by atoms with Gasteiger partial charge in [0.15, 0.2) is 0 Å². The van der Waals surface area contributed by atoms with Gasteiger partial charge < -0.3 is 4.42 Å². The summed E-state index contributed by atoms with van der Waals surface area (Å²) in [7, 11) is 0. The summed E-state index contributed by atoms with van der Waals surface area (Å²) in [6, 6.07) is 18.3. The number of hydrogen-bond acceptors (Lipinski definition) is 3. The van der Waals surface area contributed by atoms with Crippen molar-refractivity contribution < 1.29 is 4.42 Å². The first-order valence-electron chi connectivity index (χ1n) is 7.00. The highest BCUT2D eigenvalue weighted by atomic mass is 35.5. The van der Waals surface area contributed by atoms with Gasteiger partial charge in [-0.25, -0.2) is 4.79 Å². The first-order valence-corrected chi connectivity index (χ1v) is 7.37. The predicted octanol–water partition coefficient (Wildman–Crippen LogP) is 4.81. The Labute approximate surface area is 138 Å². The molecule has 0 aliphatic carbocycles. The molecule has 0 aliphatic heterocycles. The van der Waals surface area contributed by atoms with Crippen molar-refractivity contribution in [1.82, 2.24) is 0 Å². The Bertz CT molecular complexity index is 949. The van der Waals surface area contributed by atoms with Crippen LogP contribution < -0.4 is 5.63 Å². The lowest BCUT2D eigenvalue weighted by Gasteiger charge is -2.07. The molecule has 0 aliphatic rings. The molecule has 0 amide bonds. The van der Waals surface area contributed by atoms with Crippen molar-refractivity contribution in [2.75, 3.05) is 0 Å². The normalized spacial score (nSPS) is 10.3. The van der Waals surface area contributed by atoms with Crippen molar-refractivity contribution in [1.29, 1.82) is 5.26 Å². The summed E-state index contributed by atoms with van der Waals surface area (Å²) in [6.45, 7) is 1.98. The molecule has 23 heavy (non-hydrogen) atoms. The van der Waals surface area contributed by atoms with Crippen LogP contribution in [0.15, 0.2) is 63.8 Å². The summed E-state index contributed by atoms with van der Waals surface area (Å²) in [6.07, 6.45) is 0. The van der Waals surface area contributed by atoms with E-state index in [0.717, 1.165) is 16.7 Å². The molecule has 3 rings (SSSR count). The van der Waals surface area contributed by atoms with Gasteiger partial charge in [-0.3, -0.25) is 0 Å². The van der Waals surface area contributed by atoms with Crippen molar-refractivity contribution in [2.24, 2.45) is 0 Å². The average molecular weight is 322 g/mol. The number of nitriles is 1. The lowest BCUT2D eigenvalue weighted by Crippen LogP contribution is -2.07. The van der Waals surface area contributed by atoms with Crippen molar-refractivity contribution in [3.8, 4) is 28.5 Å². The molecule has 0 radical (unpaired) electrons. The smallest absolute Gasteiger partial charge is 0.354 e. The van der Waals surface area contributed by atoms with Gasteiger partial charge in [-0.1, -0.05) is 41.4 Å². The summed E-state index contributed by atoms with van der Waals surface area (Å²) in [5, 5.41) is 9.89. The fourth-order valence-corrected chi connectivity index (χ4v) is 2.44. The molecule has 0 fully saturated rings. The summed E-state index contributed by atoms with van der Waals surface area (Å²) in [4.78, 5) is 12.2. The van der Waals surface area contributed by atoms with Crippen LogP contribution in [0.4, 0.5) is 0 Å². The standard InChI is InChI=1S/C19H12ClNO2/c1-12-2-4-13(5-3-12)16-10-18(23-19(22)17(16)11-21)14-6-8-15(20)9-7-14/h2-10H,1H3. The Morgan fingerprint density at radius 1 is 1.00 bits per heavy atom. The molecule has 0 saturated heterocycles. The van der Waals surface area contributed by atoms with E-state index in [0.29, 0.717) is 16.3 Å². The van der Waals surface area contributed by atoms with Gasteiger partial charge in [-0.2, -0.15) is 5.26 Å². The largest absolute Gasteiger partial charge is 0.422 e. The van der Waals surface area contributed by atoms with Crippen LogP contribution in [0, 0.1) is 18.3 Å². The first kappa shape index (κ1) is 15.1. The molecule has 3 aromatic rings. The maximum absolute atomic E-state index is 12.2. The Morgan fingerprint density at radius 3 is 2.22 bits per heavy atom. The molecule has 3 nitrogen and oxygen atoms in total. The second-order valence-corrected chi connectivity index (χ2v) is 5.61. The monoisotopic (exact) mass is 321 g/mol. The average Bonchev–Trinajstić information content (AvgIpc) is 2.55. The number of nitrogens with zero attached hydrogens (tertiary/aromatic N) is 1. The lowest BCUT2D eigenvalue weighted by molar-refractivity contribution is 0.524. The Balaban J connectivity index is 2.22. The van der Waals surface area contributed by atoms with E-state index in [1.54, 1.807) is 30.3 Å². The topological polar surface area (TPSA) is 54.0 Å². The minimum atomic E-state index is -0.643. The molecule has 1 heterocycles. The summed E-state index contributed by atoms with van der Waals surface area (Å²) >= 11 is 5.88. The van der Waals surface area contributed by atoms with Gasteiger partial charge in [0, 0.05) is 16.1 Å². The van der Waals surface area contributed by atoms with Crippen molar-refractivity contribution in [3.05, 3.63) is 81.2 Å². The quantitative estimate of drug-likeness (QED) is 0.680. The Hall–Kier alpha value is -2.83. The van der Waals surface area contributed by atoms with E-state index >= 15 is 0 Å². The Kier molecular flexibility index (Phi) is 4.01. The minimum Gasteiger partial charge on any atom is -0.422 e. The van der Waals surface area contributed by atoms with E-state index in [2.05, 4.69) is 0 Å². The lowest BCUT2D eigenvalue weighted by atomic mass is 9.99. The van der Waals surface area contributed by atoms with Gasteiger partial charge in [0.05, 0.1) is 0 Å². The first-order chi connectivity index (χ1) is 11.1. The van der Waals surface area contributed by atoms with E-state index in [-0.39, 0.29) is 5.56 Å². The van der Waals surface area contributed by atoms with Crippen LogP contribution in [0.25, 0.3) is 22.5 Å². The number of rotatable bonds is 2. The van der Waals surface area contributed by atoms with Crippen LogP contribution in [0.1, 0.15) is 11.1 Å². The molecule has 0 N–H and O–H groups in total. The maximum Gasteiger partial charge on any atom is 0.354 e. The molecule has 0 saturated carbocycles. The van der Waals surface area contributed by atoms with Crippen LogP contribution in [-0.4, -0.2) is 0 Å². The van der Waals surface area contributed by atoms with Gasteiger partial charge in [0.1, 0.15) is 17.4 Å². The zero-order valence-electron chi connectivity index (χ0n) is 12.3. The van der Waals surface area contributed by atoms with Gasteiger partial charge in [0.2, 0.25) is 0 Å². The number of benzene rings is 2. The zero-order valence-corrected chi connectivity index (χ0v) is 13.1. The van der Waals surface area contributed by atoms with E-state index in [4.69, 9.17) is 16.0 Å². The molecule has 0 unspecified atom stereocenters. The van der Waals surface area contributed by atoms with Crippen LogP contribution >= 0.6 is 11.6 Å².